The number of nitrogens with two attached hydrogens (primary N) is 1. The van der Waals surface area contributed by atoms with Crippen molar-refractivity contribution >= 4 is 17.5 Å². The molecule has 0 saturated carbocycles. The van der Waals surface area contributed by atoms with Gasteiger partial charge in [0, 0.05) is 20.2 Å². The van der Waals surface area contributed by atoms with Crippen LogP contribution in [-0.2, 0) is 4.74 Å². The molecule has 1 aliphatic rings. The number of aromatic carboxylic acids is 1. The molecule has 2 rings (SSSR count). The Morgan fingerprint density at radius 3 is 3.00 bits per heavy atom. The third-order valence-corrected chi connectivity index (χ3v) is 3.63. The minimum Gasteiger partial charge on any atom is -0.478 e. The van der Waals surface area contributed by atoms with E-state index in [9.17, 15) is 4.79 Å². The number of hydrogen-bond acceptors (Lipinski definition) is 5. The lowest BCUT2D eigenvalue weighted by molar-refractivity contribution is -0.00481. The summed E-state index contributed by atoms with van der Waals surface area (Å²) < 4.78 is 5.52. The first kappa shape index (κ1) is 13.6. The molecule has 104 valence electrons. The van der Waals surface area contributed by atoms with Crippen LogP contribution in [-0.4, -0.2) is 41.9 Å². The van der Waals surface area contributed by atoms with Crippen LogP contribution >= 0.6 is 0 Å². The zero-order valence-electron chi connectivity index (χ0n) is 11.2. The minimum absolute atomic E-state index is 0.0923. The number of anilines is 2. The summed E-state index contributed by atoms with van der Waals surface area (Å²) in [5.41, 5.74) is 5.67. The van der Waals surface area contributed by atoms with E-state index in [0.717, 1.165) is 19.4 Å². The number of methoxy groups -OCH3 is 1. The fourth-order valence-corrected chi connectivity index (χ4v) is 2.38. The quantitative estimate of drug-likeness (QED) is 0.858. The molecule has 1 aromatic rings. The molecule has 6 nitrogen and oxygen atoms in total. The van der Waals surface area contributed by atoms with Gasteiger partial charge in [-0.05, 0) is 25.8 Å². The van der Waals surface area contributed by atoms with E-state index in [4.69, 9.17) is 15.6 Å². The molecule has 1 fully saturated rings. The van der Waals surface area contributed by atoms with Crippen LogP contribution in [0.2, 0.25) is 0 Å². The van der Waals surface area contributed by atoms with Crippen LogP contribution in [0.5, 0.6) is 0 Å². The van der Waals surface area contributed by atoms with Crippen LogP contribution in [0.15, 0.2) is 12.3 Å². The van der Waals surface area contributed by atoms with Gasteiger partial charge in [0.05, 0.1) is 23.0 Å². The van der Waals surface area contributed by atoms with Gasteiger partial charge >= 0.3 is 5.97 Å². The van der Waals surface area contributed by atoms with Crippen molar-refractivity contribution in [1.82, 2.24) is 4.98 Å². The topological polar surface area (TPSA) is 88.7 Å². The highest BCUT2D eigenvalue weighted by Gasteiger charge is 2.31. The van der Waals surface area contributed by atoms with E-state index < -0.39 is 5.97 Å². The van der Waals surface area contributed by atoms with Gasteiger partial charge in [-0.2, -0.15) is 0 Å². The van der Waals surface area contributed by atoms with Gasteiger partial charge in [-0.15, -0.1) is 0 Å². The lowest BCUT2D eigenvalue weighted by Crippen LogP contribution is -2.47. The Kier molecular flexibility index (Phi) is 3.61. The predicted octanol–water partition coefficient (Wildman–Crippen LogP) is 1.37. The maximum absolute atomic E-state index is 11.1. The lowest BCUT2D eigenvalue weighted by Gasteiger charge is -2.40. The van der Waals surface area contributed by atoms with Crippen LogP contribution < -0.4 is 10.6 Å². The maximum atomic E-state index is 11.1. The van der Waals surface area contributed by atoms with E-state index in [2.05, 4.69) is 11.9 Å². The molecule has 0 amide bonds. The molecule has 6 heteroatoms. The van der Waals surface area contributed by atoms with E-state index >= 15 is 0 Å². The fourth-order valence-electron chi connectivity index (χ4n) is 2.38. The largest absolute Gasteiger partial charge is 0.478 e. The average Bonchev–Trinajstić information content (AvgIpc) is 2.39. The molecule has 1 aromatic heterocycles. The summed E-state index contributed by atoms with van der Waals surface area (Å²) in [6.45, 7) is 3.59. The van der Waals surface area contributed by atoms with Gasteiger partial charge in [-0.1, -0.05) is 0 Å². The molecule has 0 bridgehead atoms. The summed E-state index contributed by atoms with van der Waals surface area (Å²) in [6.07, 6.45) is 3.37. The molecule has 2 heterocycles. The Labute approximate surface area is 112 Å². The zero-order valence-corrected chi connectivity index (χ0v) is 11.2. The molecule has 19 heavy (non-hydrogen) atoms. The number of piperidine rings is 1. The lowest BCUT2D eigenvalue weighted by atomic mass is 9.94. The van der Waals surface area contributed by atoms with Gasteiger partial charge < -0.3 is 20.5 Å². The molecule has 0 radical (unpaired) electrons. The van der Waals surface area contributed by atoms with E-state index in [1.165, 1.54) is 12.3 Å². The Balaban J connectivity index is 2.27. The molecule has 1 aliphatic heterocycles. The molecule has 0 aliphatic carbocycles. The normalized spacial score (nSPS) is 23.4. The highest BCUT2D eigenvalue weighted by Crippen LogP contribution is 2.28. The minimum atomic E-state index is -1.03. The first-order chi connectivity index (χ1) is 8.95. The molecular formula is C13H19N3O3. The van der Waals surface area contributed by atoms with Crippen molar-refractivity contribution < 1.29 is 14.6 Å². The number of pyridine rings is 1. The average molecular weight is 265 g/mol. The zero-order chi connectivity index (χ0) is 14.0. The van der Waals surface area contributed by atoms with Crippen molar-refractivity contribution in [1.29, 1.82) is 0 Å². The first-order valence-electron chi connectivity index (χ1n) is 6.24. The summed E-state index contributed by atoms with van der Waals surface area (Å²) in [6, 6.07) is 1.53. The first-order valence-corrected chi connectivity index (χ1v) is 6.24. The van der Waals surface area contributed by atoms with Gasteiger partial charge in [0.2, 0.25) is 0 Å². The summed E-state index contributed by atoms with van der Waals surface area (Å²) in [4.78, 5) is 17.4. The summed E-state index contributed by atoms with van der Waals surface area (Å²) in [7, 11) is 1.70. The van der Waals surface area contributed by atoms with E-state index in [-0.39, 0.29) is 16.9 Å². The van der Waals surface area contributed by atoms with Crippen molar-refractivity contribution in [2.75, 3.05) is 30.8 Å². The summed E-state index contributed by atoms with van der Waals surface area (Å²) in [5, 5.41) is 9.09. The van der Waals surface area contributed by atoms with Gasteiger partial charge in [-0.3, -0.25) is 0 Å². The van der Waals surface area contributed by atoms with Crippen molar-refractivity contribution in [3.05, 3.63) is 17.8 Å². The Hall–Kier alpha value is -1.82. The third kappa shape index (κ3) is 2.78. The summed E-state index contributed by atoms with van der Waals surface area (Å²) >= 11 is 0. The number of carboxylic acids is 1. The molecular weight excluding hydrogens is 246 g/mol. The SMILES string of the molecule is COC1(C)CCCN(c2cc(C(=O)O)c(N)cn2)C1. The molecule has 0 spiro atoms. The van der Waals surface area contributed by atoms with Crippen molar-refractivity contribution in [2.24, 2.45) is 0 Å². The van der Waals surface area contributed by atoms with Crippen molar-refractivity contribution in [3.8, 4) is 0 Å². The van der Waals surface area contributed by atoms with Gasteiger partial charge in [0.15, 0.2) is 0 Å². The van der Waals surface area contributed by atoms with E-state index in [0.29, 0.717) is 12.4 Å². The van der Waals surface area contributed by atoms with Crippen molar-refractivity contribution in [3.63, 3.8) is 0 Å². The number of hydrogen-bond donors (Lipinski definition) is 2. The Bertz CT molecular complexity index is 492. The molecule has 0 aromatic carbocycles. The number of rotatable bonds is 3. The van der Waals surface area contributed by atoms with Crippen LogP contribution in [0.4, 0.5) is 11.5 Å². The fraction of sp³-hybridized carbons (Fsp3) is 0.538. The smallest absolute Gasteiger partial charge is 0.337 e. The third-order valence-electron chi connectivity index (χ3n) is 3.63. The number of nitrogens with zero attached hydrogens (tertiary/aromatic N) is 2. The standard InChI is InChI=1S/C13H19N3O3/c1-13(19-2)4-3-5-16(8-13)11-6-9(12(17)18)10(14)7-15-11/h6-7H,3-5,8,14H2,1-2H3,(H,17,18). The molecule has 1 saturated heterocycles. The number of carboxylic acid groups (broad SMARTS) is 1. The van der Waals surface area contributed by atoms with E-state index in [1.807, 2.05) is 4.90 Å². The Morgan fingerprint density at radius 2 is 2.37 bits per heavy atom. The Morgan fingerprint density at radius 1 is 1.63 bits per heavy atom. The number of ether oxygens (including phenoxy) is 1. The molecule has 3 N–H and O–H groups in total. The van der Waals surface area contributed by atoms with Gasteiger partial charge in [0.1, 0.15) is 5.82 Å². The molecule has 1 unspecified atom stereocenters. The molecule has 1 atom stereocenters. The van der Waals surface area contributed by atoms with Gasteiger partial charge in [-0.25, -0.2) is 9.78 Å². The van der Waals surface area contributed by atoms with Crippen molar-refractivity contribution in [2.45, 2.75) is 25.4 Å². The summed E-state index contributed by atoms with van der Waals surface area (Å²) in [5.74, 6) is -0.401. The monoisotopic (exact) mass is 265 g/mol. The van der Waals surface area contributed by atoms with Crippen LogP contribution in [0.1, 0.15) is 30.1 Å². The second-order valence-electron chi connectivity index (χ2n) is 5.11. The van der Waals surface area contributed by atoms with Crippen LogP contribution in [0, 0.1) is 0 Å². The van der Waals surface area contributed by atoms with E-state index in [1.54, 1.807) is 7.11 Å². The van der Waals surface area contributed by atoms with Crippen LogP contribution in [0.25, 0.3) is 0 Å². The van der Waals surface area contributed by atoms with Gasteiger partial charge in [0.25, 0.3) is 0 Å². The second-order valence-corrected chi connectivity index (χ2v) is 5.11. The predicted molar refractivity (Wildman–Crippen MR) is 72.5 cm³/mol. The maximum Gasteiger partial charge on any atom is 0.337 e. The number of aromatic nitrogens is 1. The highest BCUT2D eigenvalue weighted by atomic mass is 16.5. The number of carbonyl (C=O) groups is 1. The van der Waals surface area contributed by atoms with Crippen LogP contribution in [0.3, 0.4) is 0 Å². The number of nitrogen functional groups attached to an aromatic ring is 1. The highest BCUT2D eigenvalue weighted by molar-refractivity contribution is 5.94. The second kappa shape index (κ2) is 5.05.